The molecule has 0 bridgehead atoms. The van der Waals surface area contributed by atoms with E-state index in [4.69, 9.17) is 5.11 Å². The molecule has 0 radical (unpaired) electrons. The van der Waals surface area contributed by atoms with Crippen molar-refractivity contribution in [1.29, 1.82) is 0 Å². The molecule has 0 aliphatic carbocycles. The van der Waals surface area contributed by atoms with Crippen molar-refractivity contribution < 1.29 is 14.7 Å². The van der Waals surface area contributed by atoms with Gasteiger partial charge in [-0.25, -0.2) is 4.79 Å². The summed E-state index contributed by atoms with van der Waals surface area (Å²) in [4.78, 5) is 24.0. The first kappa shape index (κ1) is 13.3. The van der Waals surface area contributed by atoms with Crippen LogP contribution in [0.5, 0.6) is 0 Å². The molecule has 1 fully saturated rings. The van der Waals surface area contributed by atoms with E-state index in [1.54, 1.807) is 6.08 Å². The number of nitrogens with zero attached hydrogens (tertiary/aromatic N) is 1. The minimum atomic E-state index is -0.956. The molecular weight excluding hydrogens is 242 g/mol. The number of carbonyl (C=O) groups excluding carboxylic acids is 1. The molecule has 19 heavy (non-hydrogen) atoms. The van der Waals surface area contributed by atoms with E-state index in [1.807, 2.05) is 29.2 Å². The summed E-state index contributed by atoms with van der Waals surface area (Å²) in [6, 6.07) is 7.60. The highest BCUT2D eigenvalue weighted by Gasteiger charge is 2.17. The molecule has 0 aromatic heterocycles. The minimum absolute atomic E-state index is 0.223. The molecule has 100 valence electrons. The van der Waals surface area contributed by atoms with Crippen molar-refractivity contribution in [2.24, 2.45) is 0 Å². The predicted molar refractivity (Wildman–Crippen MR) is 72.4 cm³/mol. The van der Waals surface area contributed by atoms with E-state index in [9.17, 15) is 9.59 Å². The van der Waals surface area contributed by atoms with Gasteiger partial charge in [-0.2, -0.15) is 0 Å². The fourth-order valence-corrected chi connectivity index (χ4v) is 2.15. The predicted octanol–water partition coefficient (Wildman–Crippen LogP) is 2.30. The first-order valence-electron chi connectivity index (χ1n) is 6.43. The lowest BCUT2D eigenvalue weighted by Crippen LogP contribution is -2.34. The van der Waals surface area contributed by atoms with Crippen LogP contribution in [-0.2, 0) is 16.1 Å². The number of likely N-dealkylation sites (tertiary alicyclic amines) is 1. The zero-order valence-corrected chi connectivity index (χ0v) is 10.7. The van der Waals surface area contributed by atoms with Crippen LogP contribution in [0.2, 0.25) is 0 Å². The Hall–Kier alpha value is -2.10. The first-order chi connectivity index (χ1) is 9.15. The maximum atomic E-state index is 11.7. The van der Waals surface area contributed by atoms with Gasteiger partial charge in [-0.05, 0) is 30.0 Å². The Balaban J connectivity index is 1.98. The van der Waals surface area contributed by atoms with Crippen LogP contribution in [0.15, 0.2) is 30.3 Å². The number of hydrogen-bond acceptors (Lipinski definition) is 2. The Bertz CT molecular complexity index is 491. The van der Waals surface area contributed by atoms with Crippen LogP contribution in [0, 0.1) is 0 Å². The molecule has 0 saturated carbocycles. The van der Waals surface area contributed by atoms with Gasteiger partial charge in [0.15, 0.2) is 0 Å². The molecule has 1 heterocycles. The highest BCUT2D eigenvalue weighted by Crippen LogP contribution is 2.15. The molecule has 1 aromatic rings. The smallest absolute Gasteiger partial charge is 0.328 e. The Labute approximate surface area is 112 Å². The maximum absolute atomic E-state index is 11.7. The van der Waals surface area contributed by atoms with Crippen molar-refractivity contribution in [3.05, 3.63) is 41.5 Å². The summed E-state index contributed by atoms with van der Waals surface area (Å²) < 4.78 is 0. The number of benzene rings is 1. The van der Waals surface area contributed by atoms with Gasteiger partial charge in [0.05, 0.1) is 0 Å². The maximum Gasteiger partial charge on any atom is 0.328 e. The number of carboxylic acids is 1. The Morgan fingerprint density at radius 1 is 1.26 bits per heavy atom. The Morgan fingerprint density at radius 3 is 2.63 bits per heavy atom. The average molecular weight is 259 g/mol. The summed E-state index contributed by atoms with van der Waals surface area (Å²) in [5.41, 5.74) is 1.92. The summed E-state index contributed by atoms with van der Waals surface area (Å²) in [5, 5.41) is 8.54. The second kappa shape index (κ2) is 6.18. The lowest BCUT2D eigenvalue weighted by Gasteiger charge is -2.26. The topological polar surface area (TPSA) is 57.6 Å². The number of carbonyl (C=O) groups is 2. The Morgan fingerprint density at radius 2 is 2.00 bits per heavy atom. The second-order valence-corrected chi connectivity index (χ2v) is 4.69. The largest absolute Gasteiger partial charge is 0.478 e. The van der Waals surface area contributed by atoms with Gasteiger partial charge in [0, 0.05) is 25.6 Å². The third-order valence-electron chi connectivity index (χ3n) is 3.19. The number of hydrogen-bond donors (Lipinski definition) is 1. The van der Waals surface area contributed by atoms with Crippen LogP contribution in [0.1, 0.15) is 30.4 Å². The van der Waals surface area contributed by atoms with E-state index in [2.05, 4.69) is 0 Å². The number of amides is 1. The fourth-order valence-electron chi connectivity index (χ4n) is 2.15. The molecule has 0 atom stereocenters. The molecule has 1 saturated heterocycles. The van der Waals surface area contributed by atoms with Crippen LogP contribution in [0.25, 0.3) is 6.08 Å². The average Bonchev–Trinajstić information content (AvgIpc) is 2.40. The molecule has 0 spiro atoms. The molecule has 1 aliphatic rings. The van der Waals surface area contributed by atoms with Gasteiger partial charge in [0.25, 0.3) is 0 Å². The van der Waals surface area contributed by atoms with Crippen LogP contribution in [0.3, 0.4) is 0 Å². The van der Waals surface area contributed by atoms with Gasteiger partial charge in [0.1, 0.15) is 0 Å². The van der Waals surface area contributed by atoms with Crippen LogP contribution in [-0.4, -0.2) is 28.4 Å². The van der Waals surface area contributed by atoms with Gasteiger partial charge >= 0.3 is 5.97 Å². The Kier molecular flexibility index (Phi) is 4.34. The third kappa shape index (κ3) is 3.95. The van der Waals surface area contributed by atoms with Gasteiger partial charge < -0.3 is 10.0 Å². The van der Waals surface area contributed by atoms with Crippen LogP contribution < -0.4 is 0 Å². The van der Waals surface area contributed by atoms with Crippen molar-refractivity contribution in [3.63, 3.8) is 0 Å². The molecule has 1 amide bonds. The van der Waals surface area contributed by atoms with Crippen molar-refractivity contribution >= 4 is 18.0 Å². The van der Waals surface area contributed by atoms with Crippen molar-refractivity contribution in [2.75, 3.05) is 6.54 Å². The molecule has 1 aliphatic heterocycles. The van der Waals surface area contributed by atoms with E-state index in [0.717, 1.165) is 36.6 Å². The summed E-state index contributed by atoms with van der Waals surface area (Å²) in [6.45, 7) is 1.47. The van der Waals surface area contributed by atoms with E-state index < -0.39 is 5.97 Å². The molecule has 0 unspecified atom stereocenters. The first-order valence-corrected chi connectivity index (χ1v) is 6.43. The van der Waals surface area contributed by atoms with Crippen molar-refractivity contribution in [2.45, 2.75) is 25.8 Å². The van der Waals surface area contributed by atoms with E-state index in [-0.39, 0.29) is 5.91 Å². The van der Waals surface area contributed by atoms with E-state index in [1.165, 1.54) is 0 Å². The van der Waals surface area contributed by atoms with Crippen molar-refractivity contribution in [3.8, 4) is 0 Å². The second-order valence-electron chi connectivity index (χ2n) is 4.69. The SMILES string of the molecule is O=C(O)C=Cc1ccc(CN2CCCCC2=O)cc1. The quantitative estimate of drug-likeness (QED) is 0.844. The molecule has 2 rings (SSSR count). The summed E-state index contributed by atoms with van der Waals surface area (Å²) in [6.07, 6.45) is 5.39. The number of carboxylic acid groups (broad SMARTS) is 1. The molecular formula is C15H17NO3. The third-order valence-corrected chi connectivity index (χ3v) is 3.19. The molecule has 1 aromatic carbocycles. The number of rotatable bonds is 4. The number of aliphatic carboxylic acids is 1. The van der Waals surface area contributed by atoms with Gasteiger partial charge in [-0.1, -0.05) is 24.3 Å². The van der Waals surface area contributed by atoms with E-state index >= 15 is 0 Å². The minimum Gasteiger partial charge on any atom is -0.478 e. The highest BCUT2D eigenvalue weighted by atomic mass is 16.4. The fraction of sp³-hybridized carbons (Fsp3) is 0.333. The normalized spacial score (nSPS) is 16.0. The monoisotopic (exact) mass is 259 g/mol. The van der Waals surface area contributed by atoms with Crippen molar-refractivity contribution in [1.82, 2.24) is 4.90 Å². The number of piperidine rings is 1. The zero-order chi connectivity index (χ0) is 13.7. The molecule has 4 heteroatoms. The lowest BCUT2D eigenvalue weighted by molar-refractivity contribution is -0.134. The summed E-state index contributed by atoms with van der Waals surface area (Å²) in [7, 11) is 0. The molecule has 4 nitrogen and oxygen atoms in total. The van der Waals surface area contributed by atoms with E-state index in [0.29, 0.717) is 13.0 Å². The van der Waals surface area contributed by atoms with Gasteiger partial charge in [-0.15, -0.1) is 0 Å². The summed E-state index contributed by atoms with van der Waals surface area (Å²) in [5.74, 6) is -0.732. The lowest BCUT2D eigenvalue weighted by atomic mass is 10.1. The highest BCUT2D eigenvalue weighted by molar-refractivity contribution is 5.85. The molecule has 1 N–H and O–H groups in total. The standard InChI is InChI=1S/C15H17NO3/c17-14-3-1-2-10-16(14)11-13-6-4-12(5-7-13)8-9-15(18)19/h4-9H,1-3,10-11H2,(H,18,19). The zero-order valence-electron chi connectivity index (χ0n) is 10.7. The van der Waals surface area contributed by atoms with Gasteiger partial charge in [-0.3, -0.25) is 4.79 Å². The van der Waals surface area contributed by atoms with Gasteiger partial charge in [0.2, 0.25) is 5.91 Å². The summed E-state index contributed by atoms with van der Waals surface area (Å²) >= 11 is 0. The van der Waals surface area contributed by atoms with Crippen LogP contribution >= 0.6 is 0 Å². The van der Waals surface area contributed by atoms with Crippen LogP contribution in [0.4, 0.5) is 0 Å².